The summed E-state index contributed by atoms with van der Waals surface area (Å²) in [5.74, 6) is -1.48. The van der Waals surface area contributed by atoms with Crippen molar-refractivity contribution >= 4 is 35.0 Å². The lowest BCUT2D eigenvalue weighted by molar-refractivity contribution is -0.137. The minimum Gasteiger partial charge on any atom is -0.271 e. The van der Waals surface area contributed by atoms with E-state index >= 15 is 0 Å². The van der Waals surface area contributed by atoms with Gasteiger partial charge in [-0.3, -0.25) is 20.4 Å². The monoisotopic (exact) mass is 458 g/mol. The first-order chi connectivity index (χ1) is 14.1. The lowest BCUT2D eigenvalue weighted by Gasteiger charge is -2.08. The van der Waals surface area contributed by atoms with Gasteiger partial charge in [0.25, 0.3) is 11.8 Å². The van der Waals surface area contributed by atoms with Crippen LogP contribution in [-0.2, 0) is 17.5 Å². The Morgan fingerprint density at radius 2 is 1.83 bits per heavy atom. The number of amides is 2. The number of benzene rings is 2. The van der Waals surface area contributed by atoms with Crippen molar-refractivity contribution in [3.05, 3.63) is 63.6 Å². The second-order valence-corrected chi connectivity index (χ2v) is 6.69. The van der Waals surface area contributed by atoms with Crippen LogP contribution in [0.4, 0.5) is 13.2 Å². The van der Waals surface area contributed by atoms with Gasteiger partial charge >= 0.3 is 6.18 Å². The van der Waals surface area contributed by atoms with Crippen molar-refractivity contribution in [1.82, 2.24) is 31.1 Å². The van der Waals surface area contributed by atoms with Gasteiger partial charge < -0.3 is 0 Å². The molecule has 0 bridgehead atoms. The fraction of sp³-hybridized carbons (Fsp3) is 0.118. The fourth-order valence-electron chi connectivity index (χ4n) is 2.30. The number of hydrogen-bond acceptors (Lipinski definition) is 5. The highest BCUT2D eigenvalue weighted by molar-refractivity contribution is 6.36. The number of rotatable bonds is 4. The fourth-order valence-corrected chi connectivity index (χ4v) is 2.79. The summed E-state index contributed by atoms with van der Waals surface area (Å²) in [4.78, 5) is 24.9. The van der Waals surface area contributed by atoms with Crippen LogP contribution in [-0.4, -0.2) is 32.0 Å². The van der Waals surface area contributed by atoms with E-state index in [1.165, 1.54) is 30.3 Å². The normalized spacial score (nSPS) is 11.2. The minimum absolute atomic E-state index is 0.0853. The van der Waals surface area contributed by atoms with Gasteiger partial charge in [-0.1, -0.05) is 35.3 Å². The SMILES string of the molecule is O=C(Cn1nnc(-c2cccc(C(F)(F)F)c2)n1)NNC(=O)c1ccc(Cl)cc1Cl. The molecule has 2 aromatic carbocycles. The van der Waals surface area contributed by atoms with E-state index in [0.29, 0.717) is 5.02 Å². The van der Waals surface area contributed by atoms with Crippen molar-refractivity contribution in [2.75, 3.05) is 0 Å². The molecule has 0 fully saturated rings. The molecule has 2 amide bonds. The average Bonchev–Trinajstić information content (AvgIpc) is 3.14. The summed E-state index contributed by atoms with van der Waals surface area (Å²) in [7, 11) is 0. The van der Waals surface area contributed by atoms with Crippen LogP contribution in [0.15, 0.2) is 42.5 Å². The largest absolute Gasteiger partial charge is 0.416 e. The molecule has 0 aliphatic rings. The van der Waals surface area contributed by atoms with Gasteiger partial charge in [0, 0.05) is 10.6 Å². The number of hydrazine groups is 1. The van der Waals surface area contributed by atoms with Crippen molar-refractivity contribution in [1.29, 1.82) is 0 Å². The molecule has 0 spiro atoms. The number of tetrazole rings is 1. The van der Waals surface area contributed by atoms with Gasteiger partial charge in [-0.2, -0.15) is 18.0 Å². The predicted molar refractivity (Wildman–Crippen MR) is 100 cm³/mol. The number of nitrogens with zero attached hydrogens (tertiary/aromatic N) is 4. The first-order valence-electron chi connectivity index (χ1n) is 8.13. The molecule has 1 heterocycles. The molecule has 0 radical (unpaired) electrons. The van der Waals surface area contributed by atoms with E-state index in [4.69, 9.17) is 23.2 Å². The van der Waals surface area contributed by atoms with Gasteiger partial charge in [0.15, 0.2) is 0 Å². The van der Waals surface area contributed by atoms with Crippen LogP contribution < -0.4 is 10.9 Å². The zero-order valence-corrected chi connectivity index (χ0v) is 16.3. The van der Waals surface area contributed by atoms with Crippen LogP contribution in [0.3, 0.4) is 0 Å². The summed E-state index contributed by atoms with van der Waals surface area (Å²) in [5.41, 5.74) is 3.62. The quantitative estimate of drug-likeness (QED) is 0.584. The number of halogens is 5. The molecule has 0 aliphatic heterocycles. The van der Waals surface area contributed by atoms with Crippen LogP contribution >= 0.6 is 23.2 Å². The zero-order valence-electron chi connectivity index (χ0n) is 14.7. The van der Waals surface area contributed by atoms with E-state index in [1.54, 1.807) is 0 Å². The molecular weight excluding hydrogens is 448 g/mol. The standard InChI is InChI=1S/C17H11Cl2F3N6O2/c18-11-4-5-12(13(19)7-11)16(30)25-23-14(29)8-28-26-15(24-27-28)9-2-1-3-10(6-9)17(20,21)22/h1-7H,8H2,(H,23,29)(H,25,30). The molecule has 0 saturated heterocycles. The molecule has 0 unspecified atom stereocenters. The molecular formula is C17H11Cl2F3N6O2. The third kappa shape index (κ3) is 5.24. The first-order valence-corrected chi connectivity index (χ1v) is 8.89. The van der Waals surface area contributed by atoms with E-state index in [0.717, 1.165) is 16.9 Å². The maximum atomic E-state index is 12.8. The molecule has 3 rings (SSSR count). The van der Waals surface area contributed by atoms with Crippen LogP contribution in [0.1, 0.15) is 15.9 Å². The van der Waals surface area contributed by atoms with E-state index in [2.05, 4.69) is 26.3 Å². The molecule has 156 valence electrons. The first kappa shape index (κ1) is 21.5. The third-order valence-corrected chi connectivity index (χ3v) is 4.22. The Labute approximate surface area is 176 Å². The maximum Gasteiger partial charge on any atom is 0.416 e. The lowest BCUT2D eigenvalue weighted by atomic mass is 10.1. The summed E-state index contributed by atoms with van der Waals surface area (Å²) in [6.07, 6.45) is -4.52. The Morgan fingerprint density at radius 3 is 2.53 bits per heavy atom. The zero-order chi connectivity index (χ0) is 21.9. The van der Waals surface area contributed by atoms with E-state index in [-0.39, 0.29) is 22.0 Å². The molecule has 1 aromatic heterocycles. The Bertz CT molecular complexity index is 1100. The molecule has 8 nitrogen and oxygen atoms in total. The summed E-state index contributed by atoms with van der Waals surface area (Å²) >= 11 is 11.7. The molecule has 3 aromatic rings. The van der Waals surface area contributed by atoms with E-state index in [9.17, 15) is 22.8 Å². The summed E-state index contributed by atoms with van der Waals surface area (Å²) in [6, 6.07) is 8.59. The molecule has 2 N–H and O–H groups in total. The summed E-state index contributed by atoms with van der Waals surface area (Å²) in [5, 5.41) is 11.6. The van der Waals surface area contributed by atoms with Crippen LogP contribution in [0.2, 0.25) is 10.0 Å². The second-order valence-electron chi connectivity index (χ2n) is 5.85. The maximum absolute atomic E-state index is 12.8. The molecule has 30 heavy (non-hydrogen) atoms. The van der Waals surface area contributed by atoms with Gasteiger partial charge in [-0.15, -0.1) is 10.2 Å². The van der Waals surface area contributed by atoms with Gasteiger partial charge in [-0.05, 0) is 35.5 Å². The van der Waals surface area contributed by atoms with Crippen molar-refractivity contribution < 1.29 is 22.8 Å². The Kier molecular flexibility index (Phi) is 6.22. The predicted octanol–water partition coefficient (Wildman–Crippen LogP) is 3.13. The highest BCUT2D eigenvalue weighted by atomic mass is 35.5. The van der Waals surface area contributed by atoms with Crippen molar-refractivity contribution in [3.8, 4) is 11.4 Å². The average molecular weight is 459 g/mol. The minimum atomic E-state index is -4.52. The molecule has 0 atom stereocenters. The molecule has 13 heteroatoms. The molecule has 0 aliphatic carbocycles. The number of aromatic nitrogens is 4. The third-order valence-electron chi connectivity index (χ3n) is 3.68. The van der Waals surface area contributed by atoms with Crippen molar-refractivity contribution in [2.45, 2.75) is 12.7 Å². The number of alkyl halides is 3. The number of carbonyl (C=O) groups excluding carboxylic acids is 2. The number of nitrogens with one attached hydrogen (secondary N) is 2. The van der Waals surface area contributed by atoms with Gasteiger partial charge in [0.05, 0.1) is 16.1 Å². The van der Waals surface area contributed by atoms with Crippen LogP contribution in [0, 0.1) is 0 Å². The van der Waals surface area contributed by atoms with Gasteiger partial charge in [0.1, 0.15) is 6.54 Å². The van der Waals surface area contributed by atoms with Gasteiger partial charge in [0.2, 0.25) is 5.82 Å². The number of carbonyl (C=O) groups is 2. The van der Waals surface area contributed by atoms with E-state index in [1.807, 2.05) is 0 Å². The van der Waals surface area contributed by atoms with Crippen molar-refractivity contribution in [2.24, 2.45) is 0 Å². The van der Waals surface area contributed by atoms with Crippen LogP contribution in [0.25, 0.3) is 11.4 Å². The second kappa shape index (κ2) is 8.67. The Hall–Kier alpha value is -3.18. The molecule has 0 saturated carbocycles. The number of hydrogen-bond donors (Lipinski definition) is 2. The van der Waals surface area contributed by atoms with Crippen LogP contribution in [0.5, 0.6) is 0 Å². The highest BCUT2D eigenvalue weighted by Crippen LogP contribution is 2.31. The Balaban J connectivity index is 1.61. The van der Waals surface area contributed by atoms with E-state index < -0.39 is 30.1 Å². The topological polar surface area (TPSA) is 102 Å². The summed E-state index contributed by atoms with van der Waals surface area (Å²) in [6.45, 7) is -0.444. The summed E-state index contributed by atoms with van der Waals surface area (Å²) < 4.78 is 38.4. The van der Waals surface area contributed by atoms with Gasteiger partial charge in [-0.25, -0.2) is 0 Å². The Morgan fingerprint density at radius 1 is 1.07 bits per heavy atom. The lowest BCUT2D eigenvalue weighted by Crippen LogP contribution is -2.43. The highest BCUT2D eigenvalue weighted by Gasteiger charge is 2.30. The van der Waals surface area contributed by atoms with Crippen molar-refractivity contribution in [3.63, 3.8) is 0 Å². The smallest absolute Gasteiger partial charge is 0.271 e.